The minimum absolute atomic E-state index is 0.0184. The molecule has 1 N–H and O–H groups in total. The highest BCUT2D eigenvalue weighted by Gasteiger charge is 2.30. The number of ether oxygens (including phenoxy) is 2. The Morgan fingerprint density at radius 2 is 1.71 bits per heavy atom. The second-order valence-corrected chi connectivity index (χ2v) is 14.7. The summed E-state index contributed by atoms with van der Waals surface area (Å²) < 4.78 is 54.7. The number of rotatable bonds is 8. The lowest BCUT2D eigenvalue weighted by Crippen LogP contribution is -2.35. The van der Waals surface area contributed by atoms with Gasteiger partial charge in [0.1, 0.15) is 11.6 Å². The molecule has 2 heterocycles. The lowest BCUT2D eigenvalue weighted by molar-refractivity contribution is 0.0600. The van der Waals surface area contributed by atoms with E-state index in [0.717, 1.165) is 24.8 Å². The van der Waals surface area contributed by atoms with Gasteiger partial charge in [-0.2, -0.15) is 4.31 Å². The van der Waals surface area contributed by atoms with Gasteiger partial charge in [0.25, 0.3) is 5.91 Å². The molecule has 0 radical (unpaired) electrons. The Hall–Kier alpha value is -5.10. The number of halogens is 2. The van der Waals surface area contributed by atoms with E-state index in [0.29, 0.717) is 65.0 Å². The minimum atomic E-state index is -3.86. The van der Waals surface area contributed by atoms with Crippen molar-refractivity contribution in [1.82, 2.24) is 9.29 Å². The maximum Gasteiger partial charge on any atom is 0.337 e. The van der Waals surface area contributed by atoms with E-state index in [-0.39, 0.29) is 26.9 Å². The molecule has 1 saturated heterocycles. The van der Waals surface area contributed by atoms with Crippen LogP contribution in [-0.2, 0) is 21.2 Å². The van der Waals surface area contributed by atoms with E-state index in [4.69, 9.17) is 26.1 Å². The zero-order chi connectivity index (χ0) is 35.7. The van der Waals surface area contributed by atoms with Crippen molar-refractivity contribution in [3.8, 4) is 11.5 Å². The largest absolute Gasteiger partial charge is 0.465 e. The number of benzene rings is 4. The lowest BCUT2D eigenvalue weighted by Gasteiger charge is -2.26. The Morgan fingerprint density at radius 3 is 2.45 bits per heavy atom. The van der Waals surface area contributed by atoms with Crippen LogP contribution >= 0.6 is 11.6 Å². The summed E-state index contributed by atoms with van der Waals surface area (Å²) in [5, 5.41) is 3.83. The summed E-state index contributed by atoms with van der Waals surface area (Å²) in [6.45, 7) is 0.829. The van der Waals surface area contributed by atoms with Gasteiger partial charge in [-0.3, -0.25) is 4.79 Å². The van der Waals surface area contributed by atoms with E-state index in [1.807, 2.05) is 18.2 Å². The van der Waals surface area contributed by atoms with Gasteiger partial charge in [0.15, 0.2) is 5.75 Å². The maximum absolute atomic E-state index is 14.8. The van der Waals surface area contributed by atoms with Crippen LogP contribution in [0.2, 0.25) is 5.02 Å². The number of para-hydroxylation sites is 1. The fourth-order valence-corrected chi connectivity index (χ4v) is 8.32. The fraction of sp³-hybridized carbons (Fsp3) is 0.205. The normalized spacial score (nSPS) is 15.5. The predicted molar refractivity (Wildman–Crippen MR) is 194 cm³/mol. The van der Waals surface area contributed by atoms with Gasteiger partial charge in [0.05, 0.1) is 45.1 Å². The third-order valence-corrected chi connectivity index (χ3v) is 11.4. The summed E-state index contributed by atoms with van der Waals surface area (Å²) >= 11 is 6.35. The zero-order valence-electron chi connectivity index (χ0n) is 27.6. The molecular weight excluding hydrogens is 693 g/mol. The third kappa shape index (κ3) is 6.84. The molecule has 1 aromatic heterocycles. The Balaban J connectivity index is 1.30. The number of amides is 1. The fourth-order valence-electron chi connectivity index (χ4n) is 6.56. The molecule has 7 rings (SSSR count). The highest BCUT2D eigenvalue weighted by Crippen LogP contribution is 2.40. The number of anilines is 1. The first-order chi connectivity index (χ1) is 24.6. The molecule has 1 fully saturated rings. The number of piperidine rings is 1. The van der Waals surface area contributed by atoms with Crippen molar-refractivity contribution in [2.45, 2.75) is 37.0 Å². The van der Waals surface area contributed by atoms with Crippen LogP contribution in [0.15, 0.2) is 89.8 Å². The second kappa shape index (κ2) is 14.3. The van der Waals surface area contributed by atoms with Gasteiger partial charge in [-0.05, 0) is 104 Å². The van der Waals surface area contributed by atoms with Crippen molar-refractivity contribution in [3.63, 3.8) is 0 Å². The molecule has 1 aliphatic carbocycles. The second-order valence-electron chi connectivity index (χ2n) is 12.3. The first-order valence-electron chi connectivity index (χ1n) is 16.5. The molecule has 9 nitrogen and oxygen atoms in total. The van der Waals surface area contributed by atoms with Crippen LogP contribution in [0.25, 0.3) is 22.6 Å². The average molecular weight is 726 g/mol. The van der Waals surface area contributed by atoms with Crippen molar-refractivity contribution in [2.75, 3.05) is 25.5 Å². The monoisotopic (exact) mass is 725 g/mol. The molecule has 0 unspecified atom stereocenters. The van der Waals surface area contributed by atoms with E-state index in [9.17, 15) is 22.4 Å². The number of allylic oxidation sites excluding steroid dienone is 1. The van der Waals surface area contributed by atoms with Crippen LogP contribution in [0.3, 0.4) is 0 Å². The Kier molecular flexibility index (Phi) is 9.61. The summed E-state index contributed by atoms with van der Waals surface area (Å²) in [6.07, 6.45) is 5.15. The van der Waals surface area contributed by atoms with E-state index >= 15 is 0 Å². The van der Waals surface area contributed by atoms with Gasteiger partial charge in [0, 0.05) is 24.0 Å². The van der Waals surface area contributed by atoms with Gasteiger partial charge in [-0.15, -0.1) is 0 Å². The number of fused-ring (bicyclic) bond motifs is 2. The van der Waals surface area contributed by atoms with Crippen LogP contribution in [-0.4, -0.2) is 49.8 Å². The number of carbonyl (C=O) groups excluding carboxylic acids is 2. The number of nitrogens with zero attached hydrogens (tertiary/aromatic N) is 2. The van der Waals surface area contributed by atoms with Crippen molar-refractivity contribution in [2.24, 2.45) is 0 Å². The highest BCUT2D eigenvalue weighted by atomic mass is 35.5. The van der Waals surface area contributed by atoms with Gasteiger partial charge in [-0.25, -0.2) is 22.6 Å². The van der Waals surface area contributed by atoms with Crippen molar-refractivity contribution >= 4 is 61.7 Å². The number of sulfonamides is 1. The van der Waals surface area contributed by atoms with Crippen LogP contribution in [0, 0.1) is 5.82 Å². The molecule has 12 heteroatoms. The van der Waals surface area contributed by atoms with Crippen molar-refractivity contribution in [3.05, 3.63) is 124 Å². The van der Waals surface area contributed by atoms with Crippen molar-refractivity contribution in [1.29, 1.82) is 0 Å². The van der Waals surface area contributed by atoms with E-state index in [1.165, 1.54) is 35.7 Å². The lowest BCUT2D eigenvalue weighted by atomic mass is 9.99. The van der Waals surface area contributed by atoms with Gasteiger partial charge in [0.2, 0.25) is 10.0 Å². The first-order valence-corrected chi connectivity index (χ1v) is 18.3. The number of hydrogen-bond acceptors (Lipinski definition) is 7. The summed E-state index contributed by atoms with van der Waals surface area (Å²) in [6, 6.07) is 22.4. The van der Waals surface area contributed by atoms with E-state index < -0.39 is 27.7 Å². The summed E-state index contributed by atoms with van der Waals surface area (Å²) in [5.74, 6) is -0.922. The van der Waals surface area contributed by atoms with Gasteiger partial charge >= 0.3 is 5.97 Å². The molecule has 260 valence electrons. The molecular formula is C39H33ClFN3O6S. The van der Waals surface area contributed by atoms with Crippen LogP contribution in [0.4, 0.5) is 10.1 Å². The summed E-state index contributed by atoms with van der Waals surface area (Å²) in [7, 11) is -2.57. The quantitative estimate of drug-likeness (QED) is 0.160. The molecule has 2 aliphatic rings. The highest BCUT2D eigenvalue weighted by molar-refractivity contribution is 7.89. The Morgan fingerprint density at radius 1 is 0.941 bits per heavy atom. The van der Waals surface area contributed by atoms with Crippen LogP contribution in [0.1, 0.15) is 63.2 Å². The topological polar surface area (TPSA) is 115 Å². The molecule has 0 spiro atoms. The zero-order valence-corrected chi connectivity index (χ0v) is 29.2. The maximum atomic E-state index is 14.8. The summed E-state index contributed by atoms with van der Waals surface area (Å²) in [4.78, 5) is 31.3. The Labute approximate surface area is 299 Å². The predicted octanol–water partition coefficient (Wildman–Crippen LogP) is 8.52. The van der Waals surface area contributed by atoms with Crippen LogP contribution < -0.4 is 10.1 Å². The Bertz CT molecular complexity index is 2300. The average Bonchev–Trinajstić information content (AvgIpc) is 3.54. The van der Waals surface area contributed by atoms with Crippen LogP contribution in [0.5, 0.6) is 11.5 Å². The molecule has 1 aliphatic heterocycles. The number of hydrogen-bond donors (Lipinski definition) is 1. The molecule has 4 aromatic carbocycles. The number of esters is 1. The minimum Gasteiger partial charge on any atom is -0.465 e. The SMILES string of the molecule is COC(=O)c1ccc(Oc2ccc(S(=O)(=O)N3CCCCC3)cc2NC(=O)c2c3c(nc4ccccc24)/C(=C/c2c(F)cccc2Cl)CC3)cc1. The molecule has 5 aromatic rings. The third-order valence-electron chi connectivity index (χ3n) is 9.14. The summed E-state index contributed by atoms with van der Waals surface area (Å²) in [5.41, 5.74) is 3.64. The van der Waals surface area contributed by atoms with Gasteiger partial charge in [-0.1, -0.05) is 42.3 Å². The first kappa shape index (κ1) is 34.4. The number of nitrogens with one attached hydrogen (secondary N) is 1. The van der Waals surface area contributed by atoms with Crippen molar-refractivity contribution < 1.29 is 31.9 Å². The molecule has 0 atom stereocenters. The van der Waals surface area contributed by atoms with E-state index in [1.54, 1.807) is 48.5 Å². The number of aromatic nitrogens is 1. The number of carbonyl (C=O) groups is 2. The van der Waals surface area contributed by atoms with E-state index in [2.05, 4.69) is 5.32 Å². The molecule has 0 bridgehead atoms. The number of pyridine rings is 1. The molecule has 1 amide bonds. The standard InChI is InChI=1S/C39H33ClFN3O6S/c1-49-39(46)24-12-15-26(16-13-24)50-35-19-17-27(51(47,48)44-20-5-2-6-21-44)23-34(35)43-38(45)36-28-8-3-4-11-33(28)42-37-25(14-18-29(36)37)22-30-31(40)9-7-10-32(30)41/h3-4,7-13,15-17,19,22-23H,2,5-6,14,18,20-21H2,1H3,(H,43,45)/b25-22+. The molecule has 0 saturated carbocycles. The molecule has 51 heavy (non-hydrogen) atoms. The van der Waals surface area contributed by atoms with Gasteiger partial charge < -0.3 is 14.8 Å². The number of methoxy groups -OCH3 is 1. The smallest absolute Gasteiger partial charge is 0.337 e.